The van der Waals surface area contributed by atoms with Gasteiger partial charge in [-0.2, -0.15) is 12.7 Å². The first-order valence-electron chi connectivity index (χ1n) is 18.4. The Kier molecular flexibility index (Phi) is 22.6. The largest absolute Gasteiger partial charge is 0.333 e. The Morgan fingerprint density at radius 3 is 1.30 bits per heavy atom. The molecule has 1 aromatic rings. The first kappa shape index (κ1) is 40.4. The van der Waals surface area contributed by atoms with Crippen molar-refractivity contribution in [1.82, 2.24) is 9.03 Å². The van der Waals surface area contributed by atoms with Gasteiger partial charge in [-0.1, -0.05) is 175 Å². The van der Waals surface area contributed by atoms with Crippen molar-refractivity contribution in [2.24, 2.45) is 0 Å². The maximum Gasteiger partial charge on any atom is 0.333 e. The van der Waals surface area contributed by atoms with E-state index in [1.54, 1.807) is 0 Å². The van der Waals surface area contributed by atoms with Crippen LogP contribution in [0.25, 0.3) is 0 Å². The number of benzene rings is 1. The van der Waals surface area contributed by atoms with Crippen LogP contribution < -0.4 is 10.0 Å². The lowest BCUT2D eigenvalue weighted by molar-refractivity contribution is 0.255. The third-order valence-electron chi connectivity index (χ3n) is 8.70. The smallest absolute Gasteiger partial charge is 0.307 e. The average molecular weight is 636 g/mol. The molecule has 2 N–H and O–H groups in total. The van der Waals surface area contributed by atoms with Crippen molar-refractivity contribution in [2.75, 3.05) is 18.4 Å². The molecule has 0 unspecified atom stereocenters. The summed E-state index contributed by atoms with van der Waals surface area (Å²) < 4.78 is 30.9. The van der Waals surface area contributed by atoms with Crippen molar-refractivity contribution in [2.45, 2.75) is 182 Å². The summed E-state index contributed by atoms with van der Waals surface area (Å²) in [5, 5.41) is 2.91. The Labute approximate surface area is 273 Å². The molecule has 0 bridgehead atoms. The van der Waals surface area contributed by atoms with Crippen molar-refractivity contribution >= 4 is 21.9 Å². The average Bonchev–Trinajstić information content (AvgIpc) is 2.97. The molecule has 44 heavy (non-hydrogen) atoms. The molecular formula is C37H69N3O3S. The van der Waals surface area contributed by atoms with E-state index >= 15 is 0 Å². The summed E-state index contributed by atoms with van der Waals surface area (Å²) >= 11 is 0. The zero-order valence-corrected chi connectivity index (χ0v) is 30.3. The minimum Gasteiger partial charge on any atom is -0.307 e. The molecule has 2 amide bonds. The van der Waals surface area contributed by atoms with Crippen LogP contribution in [-0.2, 0) is 10.2 Å². The fraction of sp³-hybridized carbons (Fsp3) is 0.811. The monoisotopic (exact) mass is 636 g/mol. The summed E-state index contributed by atoms with van der Waals surface area (Å²) in [4.78, 5) is 13.1. The Balaban J connectivity index is 2.71. The molecule has 6 nitrogen and oxygen atoms in total. The normalized spacial score (nSPS) is 12.0. The first-order chi connectivity index (χ1) is 21.1. The van der Waals surface area contributed by atoms with E-state index in [9.17, 15) is 13.2 Å². The molecule has 0 aliphatic rings. The van der Waals surface area contributed by atoms with E-state index in [4.69, 9.17) is 0 Å². The van der Waals surface area contributed by atoms with E-state index < -0.39 is 16.2 Å². The minimum absolute atomic E-state index is 0.199. The van der Waals surface area contributed by atoms with E-state index in [0.717, 1.165) is 55.3 Å². The highest BCUT2D eigenvalue weighted by molar-refractivity contribution is 7.87. The SMILES string of the molecule is CCCCCCCCCCCCN(CCCCCCCCCCCC)S(=O)(=O)NC(=O)Nc1c(C(C)C)cccc1C(C)C. The number of nitrogens with one attached hydrogen (secondary N) is 2. The molecule has 0 atom stereocenters. The maximum atomic E-state index is 13.5. The second-order valence-corrected chi connectivity index (χ2v) is 15.1. The summed E-state index contributed by atoms with van der Waals surface area (Å²) in [5.41, 5.74) is 2.74. The van der Waals surface area contributed by atoms with Gasteiger partial charge in [0.25, 0.3) is 0 Å². The fourth-order valence-corrected chi connectivity index (χ4v) is 7.07. The molecule has 0 aliphatic heterocycles. The highest BCUT2D eigenvalue weighted by atomic mass is 32.2. The lowest BCUT2D eigenvalue weighted by Crippen LogP contribution is -2.46. The van der Waals surface area contributed by atoms with Gasteiger partial charge >= 0.3 is 16.2 Å². The van der Waals surface area contributed by atoms with Crippen LogP contribution in [0.4, 0.5) is 10.5 Å². The summed E-state index contributed by atoms with van der Waals surface area (Å²) in [6.45, 7) is 13.7. The molecule has 0 saturated heterocycles. The van der Waals surface area contributed by atoms with Gasteiger partial charge in [-0.05, 0) is 35.8 Å². The summed E-state index contributed by atoms with van der Waals surface area (Å²) in [6, 6.07) is 5.33. The van der Waals surface area contributed by atoms with Gasteiger partial charge in [0.1, 0.15) is 0 Å². The van der Waals surface area contributed by atoms with Crippen LogP contribution in [0.3, 0.4) is 0 Å². The van der Waals surface area contributed by atoms with E-state index in [1.807, 2.05) is 18.2 Å². The standard InChI is InChI=1S/C37H69N3O3S/c1-7-9-11-13-15-17-19-21-23-25-30-40(31-26-24-22-20-18-16-14-12-10-8-2)44(42,43)39-37(41)38-36-34(32(3)4)28-27-29-35(36)33(5)6/h27-29,32-33H,7-26,30-31H2,1-6H3,(H2,38,39,41). The van der Waals surface area contributed by atoms with E-state index in [2.05, 4.69) is 51.6 Å². The summed E-state index contributed by atoms with van der Waals surface area (Å²) in [7, 11) is -3.96. The van der Waals surface area contributed by atoms with Crippen molar-refractivity contribution in [3.63, 3.8) is 0 Å². The highest BCUT2D eigenvalue weighted by Gasteiger charge is 2.25. The van der Waals surface area contributed by atoms with Crippen LogP contribution in [0.2, 0.25) is 0 Å². The number of unbranched alkanes of at least 4 members (excludes halogenated alkanes) is 18. The molecule has 0 aromatic heterocycles. The van der Waals surface area contributed by atoms with Crippen LogP contribution in [0.1, 0.15) is 193 Å². The van der Waals surface area contributed by atoms with Gasteiger partial charge < -0.3 is 5.32 Å². The Morgan fingerprint density at radius 2 is 0.955 bits per heavy atom. The predicted octanol–water partition coefficient (Wildman–Crippen LogP) is 11.4. The number of hydrogen-bond donors (Lipinski definition) is 2. The van der Waals surface area contributed by atoms with E-state index in [1.165, 1.54) is 94.2 Å². The number of amides is 2. The number of anilines is 1. The van der Waals surface area contributed by atoms with E-state index in [-0.39, 0.29) is 11.8 Å². The van der Waals surface area contributed by atoms with Gasteiger partial charge in [0.05, 0.1) is 0 Å². The Bertz CT molecular complexity index is 928. The second-order valence-electron chi connectivity index (χ2n) is 13.4. The number of nitrogens with zero attached hydrogens (tertiary/aromatic N) is 1. The zero-order chi connectivity index (χ0) is 32.6. The third-order valence-corrected chi connectivity index (χ3v) is 10.2. The molecule has 256 valence electrons. The van der Waals surface area contributed by atoms with Crippen LogP contribution >= 0.6 is 0 Å². The van der Waals surface area contributed by atoms with Crippen molar-refractivity contribution in [1.29, 1.82) is 0 Å². The van der Waals surface area contributed by atoms with Crippen molar-refractivity contribution < 1.29 is 13.2 Å². The zero-order valence-electron chi connectivity index (χ0n) is 29.5. The molecule has 7 heteroatoms. The highest BCUT2D eigenvalue weighted by Crippen LogP contribution is 2.32. The Morgan fingerprint density at radius 1 is 0.614 bits per heavy atom. The van der Waals surface area contributed by atoms with Crippen LogP contribution in [0, 0.1) is 0 Å². The molecule has 0 radical (unpaired) electrons. The van der Waals surface area contributed by atoms with Gasteiger partial charge in [0, 0.05) is 18.8 Å². The molecule has 0 aliphatic carbocycles. The maximum absolute atomic E-state index is 13.5. The number of urea groups is 1. The second kappa shape index (κ2) is 24.6. The lowest BCUT2D eigenvalue weighted by atomic mass is 9.93. The molecule has 0 spiro atoms. The fourth-order valence-electron chi connectivity index (χ4n) is 5.92. The number of carbonyl (C=O) groups is 1. The molecule has 1 rings (SSSR count). The molecular weight excluding hydrogens is 566 g/mol. The first-order valence-corrected chi connectivity index (χ1v) is 19.8. The molecule has 0 heterocycles. The minimum atomic E-state index is -3.96. The van der Waals surface area contributed by atoms with Crippen molar-refractivity contribution in [3.05, 3.63) is 29.3 Å². The molecule has 0 fully saturated rings. The lowest BCUT2D eigenvalue weighted by Gasteiger charge is -2.24. The quantitative estimate of drug-likeness (QED) is 0.0944. The van der Waals surface area contributed by atoms with Crippen LogP contribution in [0.15, 0.2) is 18.2 Å². The van der Waals surface area contributed by atoms with Crippen LogP contribution in [-0.4, -0.2) is 31.8 Å². The topological polar surface area (TPSA) is 78.5 Å². The number of carbonyl (C=O) groups excluding carboxylic acids is 1. The molecule has 1 aromatic carbocycles. The van der Waals surface area contributed by atoms with Crippen molar-refractivity contribution in [3.8, 4) is 0 Å². The molecule has 0 saturated carbocycles. The third kappa shape index (κ3) is 17.8. The summed E-state index contributed by atoms with van der Waals surface area (Å²) in [5.74, 6) is 0.398. The van der Waals surface area contributed by atoms with Gasteiger partial charge in [0.15, 0.2) is 0 Å². The number of para-hydroxylation sites is 1. The van der Waals surface area contributed by atoms with Gasteiger partial charge in [-0.15, -0.1) is 0 Å². The van der Waals surface area contributed by atoms with Gasteiger partial charge in [-0.25, -0.2) is 9.52 Å². The Hall–Kier alpha value is -1.60. The van der Waals surface area contributed by atoms with Gasteiger partial charge in [-0.3, -0.25) is 0 Å². The number of hydrogen-bond acceptors (Lipinski definition) is 3. The number of rotatable bonds is 27. The predicted molar refractivity (Wildman–Crippen MR) is 191 cm³/mol. The van der Waals surface area contributed by atoms with Crippen LogP contribution in [0.5, 0.6) is 0 Å². The summed E-state index contributed by atoms with van der Waals surface area (Å²) in [6.07, 6.45) is 24.1. The van der Waals surface area contributed by atoms with E-state index in [0.29, 0.717) is 13.1 Å². The van der Waals surface area contributed by atoms with Gasteiger partial charge in [0.2, 0.25) is 0 Å².